The molecule has 1 aromatic rings. The molecular formula is C7H8NO3S2. The number of hydrogen-bond acceptors (Lipinski definition) is 3. The largest absolute Gasteiger partial charge is 0.495 e. The minimum atomic E-state index is -3.68. The van der Waals surface area contributed by atoms with Gasteiger partial charge in [0.05, 0.1) is 16.9 Å². The molecule has 13 heavy (non-hydrogen) atoms. The molecule has 0 saturated heterocycles. The first-order chi connectivity index (χ1) is 5.95. The van der Waals surface area contributed by atoms with Gasteiger partial charge in [-0.3, -0.25) is 0 Å². The second-order valence-electron chi connectivity index (χ2n) is 2.36. The van der Waals surface area contributed by atoms with Crippen LogP contribution in [0.25, 0.3) is 0 Å². The Bertz CT molecular complexity index is 414. The van der Waals surface area contributed by atoms with Crippen molar-refractivity contribution < 1.29 is 13.2 Å². The first-order valence-electron chi connectivity index (χ1n) is 3.33. The monoisotopic (exact) mass is 218 g/mol. The van der Waals surface area contributed by atoms with Crippen molar-refractivity contribution in [2.45, 2.75) is 9.79 Å². The summed E-state index contributed by atoms with van der Waals surface area (Å²) in [6.45, 7) is 0. The maximum absolute atomic E-state index is 10.9. The summed E-state index contributed by atoms with van der Waals surface area (Å²) in [6.07, 6.45) is 0. The summed E-state index contributed by atoms with van der Waals surface area (Å²) in [4.78, 5) is 0.452. The number of methoxy groups -OCH3 is 1. The van der Waals surface area contributed by atoms with Crippen LogP contribution < -0.4 is 9.88 Å². The van der Waals surface area contributed by atoms with Crippen LogP contribution in [0.5, 0.6) is 5.75 Å². The van der Waals surface area contributed by atoms with Crippen LogP contribution >= 0.6 is 12.6 Å². The molecular weight excluding hydrogens is 210 g/mol. The summed E-state index contributed by atoms with van der Waals surface area (Å²) in [7, 11) is -2.26. The zero-order chi connectivity index (χ0) is 10.1. The fourth-order valence-corrected chi connectivity index (χ4v) is 1.56. The van der Waals surface area contributed by atoms with E-state index in [1.165, 1.54) is 25.3 Å². The Morgan fingerprint density at radius 1 is 1.46 bits per heavy atom. The summed E-state index contributed by atoms with van der Waals surface area (Å²) in [5, 5.41) is 4.91. The Balaban J connectivity index is 3.30. The smallest absolute Gasteiger partial charge is 0.238 e. The zero-order valence-electron chi connectivity index (χ0n) is 6.85. The predicted octanol–water partition coefficient (Wildman–Crippen LogP) is 0.899. The van der Waals surface area contributed by atoms with E-state index in [0.717, 1.165) is 0 Å². The molecule has 0 amide bonds. The van der Waals surface area contributed by atoms with Crippen molar-refractivity contribution >= 4 is 22.7 Å². The molecule has 1 rings (SSSR count). The number of primary sulfonamides is 1. The number of benzene rings is 1. The van der Waals surface area contributed by atoms with Crippen LogP contribution in [0, 0.1) is 0 Å². The van der Waals surface area contributed by atoms with E-state index in [2.05, 4.69) is 0 Å². The third-order valence-corrected chi connectivity index (χ3v) is 2.71. The first kappa shape index (κ1) is 10.2. The van der Waals surface area contributed by atoms with Crippen LogP contribution in [0.1, 0.15) is 0 Å². The van der Waals surface area contributed by atoms with E-state index in [4.69, 9.17) is 22.5 Å². The van der Waals surface area contributed by atoms with Gasteiger partial charge in [0.1, 0.15) is 5.75 Å². The van der Waals surface area contributed by atoms with Gasteiger partial charge in [0, 0.05) is 6.07 Å². The molecule has 0 fully saturated rings. The summed E-state index contributed by atoms with van der Waals surface area (Å²) in [5.41, 5.74) is 0. The molecule has 0 aliphatic rings. The Kier molecular flexibility index (Phi) is 2.74. The van der Waals surface area contributed by atoms with Crippen molar-refractivity contribution in [3.05, 3.63) is 18.2 Å². The van der Waals surface area contributed by atoms with Crippen LogP contribution in [-0.4, -0.2) is 15.5 Å². The summed E-state index contributed by atoms with van der Waals surface area (Å²) in [6, 6.07) is 4.12. The molecule has 71 valence electrons. The summed E-state index contributed by atoms with van der Waals surface area (Å²) < 4.78 is 26.7. The average Bonchev–Trinajstić information content (AvgIpc) is 2.03. The quantitative estimate of drug-likeness (QED) is 0.801. The fourth-order valence-electron chi connectivity index (χ4n) is 0.825. The summed E-state index contributed by atoms with van der Waals surface area (Å²) in [5.74, 6) is 0.335. The highest BCUT2D eigenvalue weighted by Gasteiger charge is 2.10. The van der Waals surface area contributed by atoms with Crippen molar-refractivity contribution in [1.82, 2.24) is 0 Å². The second kappa shape index (κ2) is 3.49. The molecule has 0 atom stereocenters. The molecule has 2 N–H and O–H groups in total. The maximum Gasteiger partial charge on any atom is 0.238 e. The maximum atomic E-state index is 10.9. The lowest BCUT2D eigenvalue weighted by Crippen LogP contribution is -2.12. The lowest BCUT2D eigenvalue weighted by Gasteiger charge is -2.04. The van der Waals surface area contributed by atoms with E-state index in [0.29, 0.717) is 10.6 Å². The van der Waals surface area contributed by atoms with Gasteiger partial charge in [0.2, 0.25) is 10.0 Å². The highest BCUT2D eigenvalue weighted by atomic mass is 32.2. The van der Waals surface area contributed by atoms with Gasteiger partial charge in [0.15, 0.2) is 0 Å². The molecule has 0 spiro atoms. The number of nitrogens with two attached hydrogens (primary N) is 1. The Morgan fingerprint density at radius 2 is 2.08 bits per heavy atom. The third-order valence-electron chi connectivity index (χ3n) is 1.46. The number of hydrogen-bond donors (Lipinski definition) is 1. The van der Waals surface area contributed by atoms with Gasteiger partial charge < -0.3 is 4.74 Å². The van der Waals surface area contributed by atoms with Crippen molar-refractivity contribution in [3.63, 3.8) is 0 Å². The molecule has 0 aliphatic heterocycles. The van der Waals surface area contributed by atoms with E-state index in [-0.39, 0.29) is 4.90 Å². The molecule has 0 heterocycles. The lowest BCUT2D eigenvalue weighted by atomic mass is 10.3. The molecule has 0 aliphatic carbocycles. The molecule has 4 nitrogen and oxygen atoms in total. The van der Waals surface area contributed by atoms with Crippen molar-refractivity contribution in [2.75, 3.05) is 7.11 Å². The Hall–Kier alpha value is -0.850. The van der Waals surface area contributed by atoms with Gasteiger partial charge in [-0.15, -0.1) is 0 Å². The van der Waals surface area contributed by atoms with Gasteiger partial charge >= 0.3 is 0 Å². The van der Waals surface area contributed by atoms with Crippen molar-refractivity contribution in [3.8, 4) is 5.75 Å². The predicted molar refractivity (Wildman–Crippen MR) is 50.2 cm³/mol. The van der Waals surface area contributed by atoms with E-state index in [9.17, 15) is 8.42 Å². The standard InChI is InChI=1S/C7H8NO3S2/c1-11-6-4-5(13(8,9)10)2-3-7(6)12/h2-4H,1H3,(H2,8,9,10). The summed E-state index contributed by atoms with van der Waals surface area (Å²) >= 11 is 4.87. The molecule has 0 saturated carbocycles. The van der Waals surface area contributed by atoms with E-state index in [1.54, 1.807) is 0 Å². The minimum absolute atomic E-state index is 0.00190. The Morgan fingerprint density at radius 3 is 2.54 bits per heavy atom. The molecule has 1 radical (unpaired) electrons. The van der Waals surface area contributed by atoms with Crippen molar-refractivity contribution in [1.29, 1.82) is 0 Å². The third kappa shape index (κ3) is 2.30. The van der Waals surface area contributed by atoms with Crippen molar-refractivity contribution in [2.24, 2.45) is 5.14 Å². The second-order valence-corrected chi connectivity index (χ2v) is 4.36. The average molecular weight is 218 g/mol. The van der Waals surface area contributed by atoms with Crippen LogP contribution in [0.2, 0.25) is 0 Å². The van der Waals surface area contributed by atoms with Crippen LogP contribution in [-0.2, 0) is 10.0 Å². The first-order valence-corrected chi connectivity index (χ1v) is 5.28. The van der Waals surface area contributed by atoms with Gasteiger partial charge in [-0.25, -0.2) is 13.6 Å². The van der Waals surface area contributed by atoms with E-state index < -0.39 is 10.0 Å². The van der Waals surface area contributed by atoms with Gasteiger partial charge in [-0.2, -0.15) is 0 Å². The van der Waals surface area contributed by atoms with E-state index in [1.807, 2.05) is 0 Å². The minimum Gasteiger partial charge on any atom is -0.495 e. The van der Waals surface area contributed by atoms with Crippen LogP contribution in [0.3, 0.4) is 0 Å². The van der Waals surface area contributed by atoms with Gasteiger partial charge in [-0.1, -0.05) is 12.6 Å². The van der Waals surface area contributed by atoms with Crippen LogP contribution in [0.4, 0.5) is 0 Å². The van der Waals surface area contributed by atoms with Crippen LogP contribution in [0.15, 0.2) is 28.0 Å². The lowest BCUT2D eigenvalue weighted by molar-refractivity contribution is 0.403. The topological polar surface area (TPSA) is 69.4 Å². The molecule has 0 bridgehead atoms. The normalized spacial score (nSPS) is 11.2. The molecule has 0 aromatic heterocycles. The number of ether oxygens (including phenoxy) is 1. The zero-order valence-corrected chi connectivity index (χ0v) is 8.48. The highest BCUT2D eigenvalue weighted by molar-refractivity contribution is 7.89. The molecule has 6 heteroatoms. The SMILES string of the molecule is COc1cc(S(N)(=O)=O)ccc1[S]. The molecule has 0 unspecified atom stereocenters. The number of sulfonamides is 1. The van der Waals surface area contributed by atoms with E-state index >= 15 is 0 Å². The van der Waals surface area contributed by atoms with Gasteiger partial charge in [0.25, 0.3) is 0 Å². The van der Waals surface area contributed by atoms with Gasteiger partial charge in [-0.05, 0) is 12.1 Å². The molecule has 1 aromatic carbocycles. The Labute approximate surface area is 82.2 Å². The fraction of sp³-hybridized carbons (Fsp3) is 0.143. The number of rotatable bonds is 2. The highest BCUT2D eigenvalue weighted by Crippen LogP contribution is 2.24.